The average molecular weight is 425 g/mol. The summed E-state index contributed by atoms with van der Waals surface area (Å²) in [6.07, 6.45) is 1.67. The molecule has 2 aromatic carbocycles. The minimum atomic E-state index is -0.254. The molecule has 0 atom stereocenters. The molecule has 0 bridgehead atoms. The monoisotopic (exact) mass is 424 g/mol. The molecule has 7 nitrogen and oxygen atoms in total. The number of nitrogens with one attached hydrogen (secondary N) is 1. The topological polar surface area (TPSA) is 78.3 Å². The fourth-order valence-electron chi connectivity index (χ4n) is 2.69. The SMILES string of the molecule is C=CCn1c(SCc2ccc(OC)cc2)nnc(Nc2ccc(OCC)cc2)c1=O. The van der Waals surface area contributed by atoms with E-state index < -0.39 is 0 Å². The van der Waals surface area contributed by atoms with Crippen molar-refractivity contribution in [2.24, 2.45) is 0 Å². The van der Waals surface area contributed by atoms with Gasteiger partial charge in [-0.3, -0.25) is 9.36 Å². The van der Waals surface area contributed by atoms with Gasteiger partial charge in [0.25, 0.3) is 5.56 Å². The van der Waals surface area contributed by atoms with Crippen LogP contribution in [-0.2, 0) is 12.3 Å². The number of benzene rings is 2. The van der Waals surface area contributed by atoms with Crippen LogP contribution in [0.5, 0.6) is 11.5 Å². The molecule has 0 aliphatic heterocycles. The maximum Gasteiger partial charge on any atom is 0.297 e. The van der Waals surface area contributed by atoms with Crippen molar-refractivity contribution in [2.45, 2.75) is 24.4 Å². The van der Waals surface area contributed by atoms with Crippen molar-refractivity contribution in [1.82, 2.24) is 14.8 Å². The van der Waals surface area contributed by atoms with E-state index in [1.807, 2.05) is 55.5 Å². The van der Waals surface area contributed by atoms with Gasteiger partial charge in [-0.2, -0.15) is 0 Å². The van der Waals surface area contributed by atoms with E-state index in [9.17, 15) is 4.79 Å². The lowest BCUT2D eigenvalue weighted by Crippen LogP contribution is -2.26. The van der Waals surface area contributed by atoms with Crippen molar-refractivity contribution < 1.29 is 9.47 Å². The van der Waals surface area contributed by atoms with Crippen molar-refractivity contribution in [3.8, 4) is 11.5 Å². The maximum atomic E-state index is 12.9. The molecular weight excluding hydrogens is 400 g/mol. The molecule has 0 saturated carbocycles. The molecule has 8 heteroatoms. The van der Waals surface area contributed by atoms with Gasteiger partial charge in [-0.05, 0) is 48.9 Å². The van der Waals surface area contributed by atoms with Crippen LogP contribution in [0.3, 0.4) is 0 Å². The highest BCUT2D eigenvalue weighted by molar-refractivity contribution is 7.98. The summed E-state index contributed by atoms with van der Waals surface area (Å²) >= 11 is 1.45. The summed E-state index contributed by atoms with van der Waals surface area (Å²) in [5.41, 5.74) is 1.57. The van der Waals surface area contributed by atoms with E-state index in [0.29, 0.717) is 24.1 Å². The van der Waals surface area contributed by atoms with Crippen LogP contribution < -0.4 is 20.3 Å². The van der Waals surface area contributed by atoms with Gasteiger partial charge in [-0.1, -0.05) is 30.0 Å². The van der Waals surface area contributed by atoms with E-state index in [0.717, 1.165) is 22.7 Å². The number of aromatic nitrogens is 3. The molecule has 0 fully saturated rings. The first-order valence-corrected chi connectivity index (χ1v) is 10.5. The predicted octanol–water partition coefficient (Wildman–Crippen LogP) is 4.27. The van der Waals surface area contributed by atoms with Gasteiger partial charge in [0.05, 0.1) is 13.7 Å². The Kier molecular flexibility index (Phi) is 7.51. The van der Waals surface area contributed by atoms with Gasteiger partial charge in [0.2, 0.25) is 5.82 Å². The van der Waals surface area contributed by atoms with Crippen molar-refractivity contribution >= 4 is 23.3 Å². The smallest absolute Gasteiger partial charge is 0.297 e. The summed E-state index contributed by atoms with van der Waals surface area (Å²) < 4.78 is 12.2. The molecular formula is C22H24N4O3S. The van der Waals surface area contributed by atoms with E-state index in [1.54, 1.807) is 17.8 Å². The van der Waals surface area contributed by atoms with Crippen LogP contribution in [0, 0.1) is 0 Å². The van der Waals surface area contributed by atoms with E-state index in [-0.39, 0.29) is 11.4 Å². The van der Waals surface area contributed by atoms with Crippen LogP contribution in [0.2, 0.25) is 0 Å². The summed E-state index contributed by atoms with van der Waals surface area (Å²) in [5, 5.41) is 11.9. The van der Waals surface area contributed by atoms with Crippen molar-refractivity contribution in [3.05, 3.63) is 77.1 Å². The van der Waals surface area contributed by atoms with Crippen molar-refractivity contribution in [2.75, 3.05) is 19.0 Å². The maximum absolute atomic E-state index is 12.9. The van der Waals surface area contributed by atoms with E-state index in [1.165, 1.54) is 11.8 Å². The molecule has 0 aliphatic rings. The lowest BCUT2D eigenvalue weighted by Gasteiger charge is -2.12. The summed E-state index contributed by atoms with van der Waals surface area (Å²) in [6.45, 7) is 6.62. The quantitative estimate of drug-likeness (QED) is 0.385. The fourth-order valence-corrected chi connectivity index (χ4v) is 3.59. The molecule has 0 unspecified atom stereocenters. The molecule has 1 heterocycles. The number of nitrogens with zero attached hydrogens (tertiary/aromatic N) is 3. The number of ether oxygens (including phenoxy) is 2. The van der Waals surface area contributed by atoms with Gasteiger partial charge in [0, 0.05) is 18.0 Å². The zero-order valence-electron chi connectivity index (χ0n) is 17.0. The Morgan fingerprint density at radius 1 is 1.10 bits per heavy atom. The van der Waals surface area contributed by atoms with E-state index >= 15 is 0 Å². The molecule has 0 spiro atoms. The number of hydrogen-bond donors (Lipinski definition) is 1. The second-order valence-electron chi connectivity index (χ2n) is 6.25. The highest BCUT2D eigenvalue weighted by atomic mass is 32.2. The van der Waals surface area contributed by atoms with Gasteiger partial charge < -0.3 is 14.8 Å². The standard InChI is InChI=1S/C22H24N4O3S/c1-4-14-26-21(27)20(23-17-8-12-19(13-9-17)29-5-2)24-25-22(26)30-15-16-6-10-18(28-3)11-7-16/h4,6-13H,1,5,14-15H2,2-3H3,(H,23,24). The Balaban J connectivity index is 1.77. The van der Waals surface area contributed by atoms with Gasteiger partial charge in [-0.15, -0.1) is 16.8 Å². The zero-order valence-corrected chi connectivity index (χ0v) is 17.8. The van der Waals surface area contributed by atoms with Gasteiger partial charge in [0.15, 0.2) is 5.16 Å². The van der Waals surface area contributed by atoms with E-state index in [4.69, 9.17) is 9.47 Å². The normalized spacial score (nSPS) is 10.5. The Bertz CT molecular complexity index is 1030. The van der Waals surface area contributed by atoms with Crippen molar-refractivity contribution in [3.63, 3.8) is 0 Å². The number of hydrogen-bond acceptors (Lipinski definition) is 7. The van der Waals surface area contributed by atoms with Crippen molar-refractivity contribution in [1.29, 1.82) is 0 Å². The zero-order chi connectivity index (χ0) is 21.3. The molecule has 156 valence electrons. The third kappa shape index (κ3) is 5.42. The molecule has 1 N–H and O–H groups in total. The average Bonchev–Trinajstić information content (AvgIpc) is 2.78. The summed E-state index contributed by atoms with van der Waals surface area (Å²) in [6, 6.07) is 15.1. The Labute approximate surface area is 179 Å². The second kappa shape index (κ2) is 10.5. The summed E-state index contributed by atoms with van der Waals surface area (Å²) in [7, 11) is 1.64. The van der Waals surface area contributed by atoms with Crippen LogP contribution in [0.4, 0.5) is 11.5 Å². The number of anilines is 2. The molecule has 1 aromatic heterocycles. The number of thioether (sulfide) groups is 1. The van der Waals surface area contributed by atoms with Crippen LogP contribution in [-0.4, -0.2) is 28.5 Å². The third-order valence-corrected chi connectivity index (χ3v) is 5.22. The number of methoxy groups -OCH3 is 1. The molecule has 0 saturated heterocycles. The third-order valence-electron chi connectivity index (χ3n) is 4.18. The van der Waals surface area contributed by atoms with E-state index in [2.05, 4.69) is 22.1 Å². The van der Waals surface area contributed by atoms with Crippen LogP contribution in [0.25, 0.3) is 0 Å². The first-order valence-electron chi connectivity index (χ1n) is 9.48. The summed E-state index contributed by atoms with van der Waals surface area (Å²) in [5.74, 6) is 2.39. The molecule has 30 heavy (non-hydrogen) atoms. The lowest BCUT2D eigenvalue weighted by molar-refractivity contribution is 0.340. The number of rotatable bonds is 10. The van der Waals surface area contributed by atoms with Gasteiger partial charge >= 0.3 is 0 Å². The molecule has 0 aliphatic carbocycles. The second-order valence-corrected chi connectivity index (χ2v) is 7.20. The Morgan fingerprint density at radius 2 is 1.80 bits per heavy atom. The van der Waals surface area contributed by atoms with Crippen LogP contribution in [0.1, 0.15) is 12.5 Å². The number of allylic oxidation sites excluding steroid dienone is 1. The Morgan fingerprint density at radius 3 is 2.43 bits per heavy atom. The largest absolute Gasteiger partial charge is 0.497 e. The molecule has 0 amide bonds. The minimum Gasteiger partial charge on any atom is -0.497 e. The summed E-state index contributed by atoms with van der Waals surface area (Å²) in [4.78, 5) is 12.9. The molecule has 3 aromatic rings. The first-order chi connectivity index (χ1) is 14.6. The van der Waals surface area contributed by atoms with Crippen LogP contribution in [0.15, 0.2) is 71.1 Å². The molecule has 0 radical (unpaired) electrons. The van der Waals surface area contributed by atoms with Crippen LogP contribution >= 0.6 is 11.8 Å². The fraction of sp³-hybridized carbons (Fsp3) is 0.227. The lowest BCUT2D eigenvalue weighted by atomic mass is 10.2. The highest BCUT2D eigenvalue weighted by Gasteiger charge is 2.12. The first kappa shape index (κ1) is 21.4. The van der Waals surface area contributed by atoms with Gasteiger partial charge in [-0.25, -0.2) is 0 Å². The molecule has 3 rings (SSSR count). The Hall–Kier alpha value is -3.26. The van der Waals surface area contributed by atoms with Gasteiger partial charge in [0.1, 0.15) is 11.5 Å². The highest BCUT2D eigenvalue weighted by Crippen LogP contribution is 2.23. The predicted molar refractivity (Wildman–Crippen MR) is 120 cm³/mol. The minimum absolute atomic E-state index is 0.162.